The number of imidazole rings is 1. The van der Waals surface area contributed by atoms with Crippen LogP contribution in [0.2, 0.25) is 0 Å². The molecule has 0 spiro atoms. The number of para-hydroxylation sites is 2. The molecule has 92 valence electrons. The molecular weight excluding hydrogens is 229 g/mol. The maximum absolute atomic E-state index is 13.1. The molecule has 2 rings (SSSR count). The maximum Gasteiger partial charge on any atom is 0.495 e. The van der Waals surface area contributed by atoms with E-state index in [2.05, 4.69) is 0 Å². The van der Waals surface area contributed by atoms with Gasteiger partial charge in [0.25, 0.3) is 0 Å². The van der Waals surface area contributed by atoms with Crippen LogP contribution in [0.3, 0.4) is 0 Å². The summed E-state index contributed by atoms with van der Waals surface area (Å²) < 4.78 is 41.9. The van der Waals surface area contributed by atoms with Crippen LogP contribution >= 0.6 is 0 Å². The smallest absolute Gasteiger partial charge is 0.219 e. The Bertz CT molecular complexity index is 499. The number of fused-ring (bicyclic) bond motifs is 1. The Hall–Kier alpha value is -1.52. The summed E-state index contributed by atoms with van der Waals surface area (Å²) in [6, 6.07) is 6.96. The summed E-state index contributed by atoms with van der Waals surface area (Å²) in [6.45, 7) is 4.06. The molecule has 2 aromatic rings. The lowest BCUT2D eigenvalue weighted by Gasteiger charge is -2.05. The van der Waals surface area contributed by atoms with Crippen LogP contribution < -0.4 is 4.57 Å². The molecule has 17 heavy (non-hydrogen) atoms. The second-order valence-corrected chi connectivity index (χ2v) is 3.80. The van der Waals surface area contributed by atoms with Crippen LogP contribution in [0, 0.1) is 0 Å². The molecule has 1 aromatic carbocycles. The van der Waals surface area contributed by atoms with Crippen LogP contribution in [0.15, 0.2) is 24.3 Å². The van der Waals surface area contributed by atoms with Gasteiger partial charge in [-0.1, -0.05) is 12.1 Å². The second kappa shape index (κ2) is 4.05. The first kappa shape index (κ1) is 12.0. The fraction of sp³-hybridized carbons (Fsp3) is 0.417. The van der Waals surface area contributed by atoms with Crippen molar-refractivity contribution in [1.82, 2.24) is 4.57 Å². The zero-order valence-electron chi connectivity index (χ0n) is 9.75. The summed E-state index contributed by atoms with van der Waals surface area (Å²) in [4.78, 5) is 0. The van der Waals surface area contributed by atoms with Crippen molar-refractivity contribution < 1.29 is 17.7 Å². The third kappa shape index (κ3) is 1.79. The number of nitrogens with zero attached hydrogens (tertiary/aromatic N) is 2. The highest BCUT2D eigenvalue weighted by molar-refractivity contribution is 5.72. The highest BCUT2D eigenvalue weighted by Gasteiger charge is 2.46. The number of aromatic nitrogens is 2. The monoisotopic (exact) mass is 243 g/mol. The van der Waals surface area contributed by atoms with Gasteiger partial charge in [-0.2, -0.15) is 13.2 Å². The van der Waals surface area contributed by atoms with Crippen molar-refractivity contribution in [3.8, 4) is 0 Å². The van der Waals surface area contributed by atoms with E-state index in [1.165, 1.54) is 9.13 Å². The van der Waals surface area contributed by atoms with Gasteiger partial charge in [0, 0.05) is 0 Å². The Balaban J connectivity index is 2.89. The van der Waals surface area contributed by atoms with E-state index in [0.29, 0.717) is 24.1 Å². The number of rotatable bonds is 2. The average Bonchev–Trinajstić information content (AvgIpc) is 2.62. The van der Waals surface area contributed by atoms with Crippen molar-refractivity contribution in [2.45, 2.75) is 33.1 Å². The molecule has 0 atom stereocenters. The SMILES string of the molecule is CCn1c(C(F)(F)F)[n+](CC)c2ccccc21. The van der Waals surface area contributed by atoms with Gasteiger partial charge in [-0.05, 0) is 26.0 Å². The third-order valence-corrected chi connectivity index (χ3v) is 2.86. The van der Waals surface area contributed by atoms with Crippen LogP contribution in [0.25, 0.3) is 11.0 Å². The largest absolute Gasteiger partial charge is 0.495 e. The molecular formula is C12H14F3N2+. The number of aryl methyl sites for hydroxylation is 2. The Morgan fingerprint density at radius 1 is 1.18 bits per heavy atom. The summed E-state index contributed by atoms with van der Waals surface area (Å²) >= 11 is 0. The number of hydrogen-bond acceptors (Lipinski definition) is 0. The fourth-order valence-electron chi connectivity index (χ4n) is 2.24. The summed E-state index contributed by atoms with van der Waals surface area (Å²) in [7, 11) is 0. The predicted octanol–water partition coefficient (Wildman–Crippen LogP) is 2.99. The zero-order chi connectivity index (χ0) is 12.6. The van der Waals surface area contributed by atoms with Gasteiger partial charge in [0.1, 0.15) is 0 Å². The molecule has 0 N–H and O–H groups in total. The van der Waals surface area contributed by atoms with E-state index < -0.39 is 12.0 Å². The summed E-state index contributed by atoms with van der Waals surface area (Å²) in [6.07, 6.45) is -4.33. The van der Waals surface area contributed by atoms with Crippen LogP contribution in [0.5, 0.6) is 0 Å². The summed E-state index contributed by atoms with van der Waals surface area (Å²) in [5.74, 6) is -0.580. The van der Waals surface area contributed by atoms with Gasteiger partial charge in [-0.3, -0.25) is 0 Å². The van der Waals surface area contributed by atoms with Crippen molar-refractivity contribution >= 4 is 11.0 Å². The Labute approximate surface area is 97.3 Å². The number of alkyl halides is 3. The molecule has 0 bridgehead atoms. The minimum Gasteiger partial charge on any atom is -0.219 e. The molecule has 5 heteroatoms. The molecule has 0 fully saturated rings. The molecule has 0 aliphatic carbocycles. The Morgan fingerprint density at radius 2 is 1.82 bits per heavy atom. The van der Waals surface area contributed by atoms with Gasteiger partial charge in [0.15, 0.2) is 11.0 Å². The first-order valence-electron chi connectivity index (χ1n) is 5.59. The van der Waals surface area contributed by atoms with Gasteiger partial charge in [0.2, 0.25) is 0 Å². The van der Waals surface area contributed by atoms with Crippen LogP contribution in [-0.4, -0.2) is 4.57 Å². The van der Waals surface area contributed by atoms with Crippen LogP contribution in [-0.2, 0) is 19.3 Å². The van der Waals surface area contributed by atoms with E-state index in [1.807, 2.05) is 0 Å². The van der Waals surface area contributed by atoms with Crippen molar-refractivity contribution in [2.75, 3.05) is 0 Å². The van der Waals surface area contributed by atoms with Gasteiger partial charge in [0.05, 0.1) is 13.1 Å². The molecule has 0 aliphatic rings. The molecule has 0 amide bonds. The quantitative estimate of drug-likeness (QED) is 0.717. The van der Waals surface area contributed by atoms with Gasteiger partial charge in [-0.15, -0.1) is 0 Å². The molecule has 0 saturated carbocycles. The highest BCUT2D eigenvalue weighted by atomic mass is 19.4. The molecule has 0 aliphatic heterocycles. The predicted molar refractivity (Wildman–Crippen MR) is 58.5 cm³/mol. The Morgan fingerprint density at radius 3 is 2.35 bits per heavy atom. The van der Waals surface area contributed by atoms with Crippen molar-refractivity contribution in [1.29, 1.82) is 0 Å². The van der Waals surface area contributed by atoms with Crippen LogP contribution in [0.1, 0.15) is 19.7 Å². The second-order valence-electron chi connectivity index (χ2n) is 3.80. The van der Waals surface area contributed by atoms with Gasteiger partial charge in [-0.25, -0.2) is 9.13 Å². The van der Waals surface area contributed by atoms with Crippen molar-refractivity contribution in [3.63, 3.8) is 0 Å². The van der Waals surface area contributed by atoms with Gasteiger partial charge < -0.3 is 0 Å². The minimum absolute atomic E-state index is 0.308. The minimum atomic E-state index is -4.33. The van der Waals surface area contributed by atoms with E-state index in [4.69, 9.17) is 0 Å². The third-order valence-electron chi connectivity index (χ3n) is 2.86. The first-order chi connectivity index (χ1) is 8.00. The average molecular weight is 243 g/mol. The Kier molecular flexibility index (Phi) is 2.85. The standard InChI is InChI=1S/C12H14F3N2/c1-3-16-9-7-5-6-8-10(9)17(4-2)11(16)12(13,14)15/h5-8H,3-4H2,1-2H3/q+1. The molecule has 0 saturated heterocycles. The number of halogens is 3. The van der Waals surface area contributed by atoms with E-state index in [0.717, 1.165) is 0 Å². The van der Waals surface area contributed by atoms with E-state index >= 15 is 0 Å². The topological polar surface area (TPSA) is 8.81 Å². The van der Waals surface area contributed by atoms with Gasteiger partial charge >= 0.3 is 12.0 Å². The summed E-state index contributed by atoms with van der Waals surface area (Å²) in [5, 5.41) is 0. The maximum atomic E-state index is 13.1. The lowest BCUT2D eigenvalue weighted by molar-refractivity contribution is -0.688. The summed E-state index contributed by atoms with van der Waals surface area (Å²) in [5.41, 5.74) is 1.26. The zero-order valence-corrected chi connectivity index (χ0v) is 9.75. The van der Waals surface area contributed by atoms with E-state index in [1.54, 1.807) is 38.1 Å². The van der Waals surface area contributed by atoms with Crippen molar-refractivity contribution in [3.05, 3.63) is 30.1 Å². The number of hydrogen-bond donors (Lipinski definition) is 0. The first-order valence-corrected chi connectivity index (χ1v) is 5.59. The molecule has 0 radical (unpaired) electrons. The highest BCUT2D eigenvalue weighted by Crippen LogP contribution is 2.30. The van der Waals surface area contributed by atoms with E-state index in [-0.39, 0.29) is 0 Å². The lowest BCUT2D eigenvalue weighted by atomic mass is 10.3. The molecule has 1 aromatic heterocycles. The molecule has 0 unspecified atom stereocenters. The van der Waals surface area contributed by atoms with Crippen LogP contribution in [0.4, 0.5) is 13.2 Å². The normalized spacial score (nSPS) is 12.3. The van der Waals surface area contributed by atoms with E-state index in [9.17, 15) is 13.2 Å². The fourth-order valence-corrected chi connectivity index (χ4v) is 2.24. The molecule has 2 nitrogen and oxygen atoms in total. The number of benzene rings is 1. The van der Waals surface area contributed by atoms with Crippen molar-refractivity contribution in [2.24, 2.45) is 0 Å². The lowest BCUT2D eigenvalue weighted by Crippen LogP contribution is -2.41. The molecule has 1 heterocycles.